The predicted molar refractivity (Wildman–Crippen MR) is 111 cm³/mol. The van der Waals surface area contributed by atoms with Crippen LogP contribution < -0.4 is 15.8 Å². The zero-order valence-electron chi connectivity index (χ0n) is 17.6. The number of aromatic nitrogens is 2. The first-order valence-corrected chi connectivity index (χ1v) is 9.81. The summed E-state index contributed by atoms with van der Waals surface area (Å²) in [6.07, 6.45) is 0.116. The fourth-order valence-electron chi connectivity index (χ4n) is 3.23. The van der Waals surface area contributed by atoms with Gasteiger partial charge in [0.15, 0.2) is 0 Å². The van der Waals surface area contributed by atoms with Crippen molar-refractivity contribution in [2.45, 2.75) is 39.3 Å². The number of carbonyl (C=O) groups is 1. The summed E-state index contributed by atoms with van der Waals surface area (Å²) < 4.78 is 47.6. The Bertz CT molecular complexity index is 1090. The fraction of sp³-hybridized carbons (Fsp3) is 0.364. The van der Waals surface area contributed by atoms with Gasteiger partial charge in [-0.2, -0.15) is 9.61 Å². The van der Waals surface area contributed by atoms with Crippen molar-refractivity contribution in [3.05, 3.63) is 64.4 Å². The van der Waals surface area contributed by atoms with E-state index in [9.17, 15) is 18.0 Å². The van der Waals surface area contributed by atoms with Gasteiger partial charge in [0, 0.05) is 18.2 Å². The SMILES string of the molecule is Cc1cc(OCc2c(F)cccc2F)n2nc(C)c(C(=O)NCC(C)(N)CCF)c2c1. The molecule has 6 nitrogen and oxygen atoms in total. The molecule has 0 radical (unpaired) electrons. The Kier molecular flexibility index (Phi) is 6.54. The van der Waals surface area contributed by atoms with Gasteiger partial charge in [-0.3, -0.25) is 9.18 Å². The molecule has 2 heterocycles. The number of amides is 1. The third-order valence-electron chi connectivity index (χ3n) is 4.99. The van der Waals surface area contributed by atoms with Gasteiger partial charge < -0.3 is 15.8 Å². The van der Waals surface area contributed by atoms with E-state index in [1.165, 1.54) is 10.6 Å². The summed E-state index contributed by atoms with van der Waals surface area (Å²) in [6, 6.07) is 7.01. The fourth-order valence-corrected chi connectivity index (χ4v) is 3.23. The second-order valence-corrected chi connectivity index (χ2v) is 7.89. The van der Waals surface area contributed by atoms with Crippen LogP contribution in [0.4, 0.5) is 13.2 Å². The van der Waals surface area contributed by atoms with Crippen LogP contribution in [0.5, 0.6) is 5.88 Å². The third kappa shape index (κ3) is 4.99. The molecule has 0 fully saturated rings. The highest BCUT2D eigenvalue weighted by atomic mass is 19.1. The molecule has 0 bridgehead atoms. The maximum Gasteiger partial charge on any atom is 0.255 e. The van der Waals surface area contributed by atoms with Gasteiger partial charge in [0.05, 0.1) is 29.0 Å². The largest absolute Gasteiger partial charge is 0.473 e. The summed E-state index contributed by atoms with van der Waals surface area (Å²) in [7, 11) is 0. The first kappa shape index (κ1) is 22.6. The number of nitrogens with zero attached hydrogens (tertiary/aromatic N) is 2. The van der Waals surface area contributed by atoms with E-state index < -0.39 is 29.8 Å². The molecule has 0 spiro atoms. The maximum atomic E-state index is 13.9. The number of fused-ring (bicyclic) bond motifs is 1. The molecule has 0 aliphatic carbocycles. The lowest BCUT2D eigenvalue weighted by atomic mass is 10.00. The highest BCUT2D eigenvalue weighted by Gasteiger charge is 2.23. The quantitative estimate of drug-likeness (QED) is 0.568. The Labute approximate surface area is 178 Å². The van der Waals surface area contributed by atoms with Gasteiger partial charge in [-0.25, -0.2) is 8.78 Å². The van der Waals surface area contributed by atoms with E-state index in [-0.39, 0.29) is 31.0 Å². The molecule has 0 aliphatic heterocycles. The van der Waals surface area contributed by atoms with Crippen molar-refractivity contribution in [3.8, 4) is 5.88 Å². The first-order valence-electron chi connectivity index (χ1n) is 9.81. The molecule has 1 aromatic carbocycles. The Morgan fingerprint density at radius 3 is 2.58 bits per heavy atom. The minimum absolute atomic E-state index is 0.0915. The molecule has 0 saturated carbocycles. The minimum Gasteiger partial charge on any atom is -0.473 e. The van der Waals surface area contributed by atoms with Crippen molar-refractivity contribution in [1.82, 2.24) is 14.9 Å². The zero-order chi connectivity index (χ0) is 22.8. The van der Waals surface area contributed by atoms with Crippen molar-refractivity contribution in [2.75, 3.05) is 13.2 Å². The molecule has 1 amide bonds. The molecule has 31 heavy (non-hydrogen) atoms. The molecule has 1 atom stereocenters. The third-order valence-corrected chi connectivity index (χ3v) is 4.99. The second-order valence-electron chi connectivity index (χ2n) is 7.89. The van der Waals surface area contributed by atoms with Gasteiger partial charge in [0.2, 0.25) is 5.88 Å². The number of nitrogens with one attached hydrogen (secondary N) is 1. The van der Waals surface area contributed by atoms with E-state index in [0.29, 0.717) is 16.8 Å². The average molecular weight is 434 g/mol. The summed E-state index contributed by atoms with van der Waals surface area (Å²) in [5, 5.41) is 7.10. The van der Waals surface area contributed by atoms with Crippen molar-refractivity contribution in [3.63, 3.8) is 0 Å². The number of carbonyl (C=O) groups excluding carboxylic acids is 1. The highest BCUT2D eigenvalue weighted by Crippen LogP contribution is 2.25. The molecule has 0 aliphatic rings. The van der Waals surface area contributed by atoms with E-state index >= 15 is 0 Å². The van der Waals surface area contributed by atoms with Crippen molar-refractivity contribution < 1.29 is 22.7 Å². The molecular formula is C22H25F3N4O2. The van der Waals surface area contributed by atoms with Gasteiger partial charge >= 0.3 is 0 Å². The number of benzene rings is 1. The normalized spacial score (nSPS) is 13.3. The van der Waals surface area contributed by atoms with E-state index in [4.69, 9.17) is 10.5 Å². The predicted octanol–water partition coefficient (Wildman–Crippen LogP) is 3.62. The number of alkyl halides is 1. The number of hydrogen-bond acceptors (Lipinski definition) is 4. The van der Waals surface area contributed by atoms with Crippen molar-refractivity contribution in [2.24, 2.45) is 5.73 Å². The van der Waals surface area contributed by atoms with Crippen LogP contribution >= 0.6 is 0 Å². The summed E-state index contributed by atoms with van der Waals surface area (Å²) in [6.45, 7) is 4.30. The van der Waals surface area contributed by atoms with Gasteiger partial charge in [0.25, 0.3) is 5.91 Å². The highest BCUT2D eigenvalue weighted by molar-refractivity contribution is 6.02. The van der Waals surface area contributed by atoms with E-state index in [1.807, 2.05) is 0 Å². The van der Waals surface area contributed by atoms with Crippen LogP contribution in [0.25, 0.3) is 5.52 Å². The van der Waals surface area contributed by atoms with Crippen LogP contribution in [0.3, 0.4) is 0 Å². The molecule has 9 heteroatoms. The lowest BCUT2D eigenvalue weighted by Crippen LogP contribution is -2.48. The van der Waals surface area contributed by atoms with Crippen molar-refractivity contribution in [1.29, 1.82) is 0 Å². The number of aryl methyl sites for hydroxylation is 2. The number of rotatable bonds is 8. The maximum absolute atomic E-state index is 13.9. The smallest absolute Gasteiger partial charge is 0.255 e. The average Bonchev–Trinajstić information content (AvgIpc) is 3.01. The lowest BCUT2D eigenvalue weighted by molar-refractivity contribution is 0.0944. The van der Waals surface area contributed by atoms with E-state index in [0.717, 1.165) is 17.7 Å². The van der Waals surface area contributed by atoms with Crippen LogP contribution in [-0.2, 0) is 6.61 Å². The second kappa shape index (κ2) is 8.97. The van der Waals surface area contributed by atoms with Crippen LogP contribution in [0.1, 0.15) is 40.5 Å². The Morgan fingerprint density at radius 2 is 1.94 bits per heavy atom. The molecule has 3 aromatic rings. The van der Waals surface area contributed by atoms with Gasteiger partial charge in [-0.05, 0) is 51.0 Å². The molecule has 3 N–H and O–H groups in total. The standard InChI is InChI=1S/C22H25F3N4O2/c1-13-9-18-20(21(30)27-12-22(3,26)7-8-23)14(2)28-29(18)19(10-13)31-11-15-16(24)5-4-6-17(15)25/h4-6,9-10H,7-8,11-12,26H2,1-3H3,(H,27,30). The zero-order valence-corrected chi connectivity index (χ0v) is 17.6. The van der Waals surface area contributed by atoms with Gasteiger partial charge in [-0.1, -0.05) is 6.07 Å². The van der Waals surface area contributed by atoms with E-state index in [1.54, 1.807) is 32.9 Å². The topological polar surface area (TPSA) is 81.7 Å². The Morgan fingerprint density at radius 1 is 1.26 bits per heavy atom. The number of pyridine rings is 1. The Balaban J connectivity index is 1.90. The molecule has 2 aromatic heterocycles. The molecule has 1 unspecified atom stereocenters. The van der Waals surface area contributed by atoms with E-state index in [2.05, 4.69) is 10.4 Å². The summed E-state index contributed by atoms with van der Waals surface area (Å²) in [5.41, 5.74) is 6.92. The molecule has 0 saturated heterocycles. The molecule has 3 rings (SSSR count). The number of ether oxygens (including phenoxy) is 1. The summed E-state index contributed by atoms with van der Waals surface area (Å²) >= 11 is 0. The number of hydrogen-bond donors (Lipinski definition) is 2. The summed E-state index contributed by atoms with van der Waals surface area (Å²) in [5.74, 6) is -1.59. The Hall–Kier alpha value is -3.07. The van der Waals surface area contributed by atoms with Gasteiger partial charge in [-0.15, -0.1) is 0 Å². The van der Waals surface area contributed by atoms with Crippen molar-refractivity contribution >= 4 is 11.4 Å². The number of halogens is 3. The lowest BCUT2D eigenvalue weighted by Gasteiger charge is -2.23. The monoisotopic (exact) mass is 434 g/mol. The van der Waals surface area contributed by atoms with Gasteiger partial charge in [0.1, 0.15) is 18.2 Å². The van der Waals surface area contributed by atoms with Crippen LogP contribution in [0, 0.1) is 25.5 Å². The number of nitrogens with two attached hydrogens (primary N) is 1. The summed E-state index contributed by atoms with van der Waals surface area (Å²) in [4.78, 5) is 12.8. The molecule has 166 valence electrons. The minimum atomic E-state index is -0.880. The first-order chi connectivity index (χ1) is 14.6. The van der Waals surface area contributed by atoms with Crippen LogP contribution in [-0.4, -0.2) is 34.3 Å². The molecular weight excluding hydrogens is 409 g/mol. The van der Waals surface area contributed by atoms with Crippen LogP contribution in [0.15, 0.2) is 30.3 Å². The van der Waals surface area contributed by atoms with Crippen LogP contribution in [0.2, 0.25) is 0 Å².